The Balaban J connectivity index is 1.57. The van der Waals surface area contributed by atoms with Crippen LogP contribution in [0.25, 0.3) is 0 Å². The minimum absolute atomic E-state index is 0.115. The minimum atomic E-state index is -0.307. The molecule has 6 heteroatoms. The quantitative estimate of drug-likeness (QED) is 0.741. The van der Waals surface area contributed by atoms with Crippen LogP contribution in [0, 0.1) is 11.8 Å². The third-order valence-electron chi connectivity index (χ3n) is 4.99. The molecule has 138 valence electrons. The normalized spacial score (nSPS) is 18.0. The Bertz CT molecular complexity index is 754. The molecule has 0 radical (unpaired) electrons. The van der Waals surface area contributed by atoms with Crippen LogP contribution < -0.4 is 0 Å². The van der Waals surface area contributed by atoms with E-state index in [1.165, 1.54) is 0 Å². The highest BCUT2D eigenvalue weighted by molar-refractivity contribution is 6.30. The van der Waals surface area contributed by atoms with Crippen molar-refractivity contribution in [3.05, 3.63) is 34.9 Å². The van der Waals surface area contributed by atoms with Crippen LogP contribution in [0.3, 0.4) is 0 Å². The van der Waals surface area contributed by atoms with Crippen molar-refractivity contribution < 1.29 is 9.63 Å². The molecule has 1 aromatic rings. The summed E-state index contributed by atoms with van der Waals surface area (Å²) >= 11 is 5.98. The van der Waals surface area contributed by atoms with Gasteiger partial charge < -0.3 is 14.6 Å². The van der Waals surface area contributed by atoms with Crippen LogP contribution in [0.1, 0.15) is 38.7 Å². The van der Waals surface area contributed by atoms with Crippen molar-refractivity contribution in [2.24, 2.45) is 5.16 Å². The molecule has 1 saturated heterocycles. The van der Waals surface area contributed by atoms with Gasteiger partial charge in [0.2, 0.25) is 0 Å². The number of piperidine rings is 1. The molecule has 1 spiro atoms. The van der Waals surface area contributed by atoms with Gasteiger partial charge >= 0.3 is 6.03 Å². The summed E-state index contributed by atoms with van der Waals surface area (Å²) < 4.78 is 0. The van der Waals surface area contributed by atoms with Crippen LogP contribution >= 0.6 is 11.6 Å². The van der Waals surface area contributed by atoms with E-state index in [2.05, 4.69) is 17.0 Å². The predicted octanol–water partition coefficient (Wildman–Crippen LogP) is 3.76. The third-order valence-corrected chi connectivity index (χ3v) is 5.23. The van der Waals surface area contributed by atoms with Crippen molar-refractivity contribution in [3.63, 3.8) is 0 Å². The molecule has 0 aromatic heterocycles. The van der Waals surface area contributed by atoms with E-state index in [4.69, 9.17) is 16.4 Å². The Kier molecular flexibility index (Phi) is 5.73. The maximum Gasteiger partial charge on any atom is 0.319 e. The average Bonchev–Trinajstić information content (AvgIpc) is 3.04. The first-order valence-electron chi connectivity index (χ1n) is 9.12. The molecule has 0 saturated carbocycles. The molecule has 0 atom stereocenters. The molecule has 0 N–H and O–H groups in total. The molecule has 0 unspecified atom stereocenters. The highest BCUT2D eigenvalue weighted by atomic mass is 35.5. The number of halogens is 1. The van der Waals surface area contributed by atoms with Gasteiger partial charge in [0.25, 0.3) is 0 Å². The molecule has 1 aromatic carbocycles. The number of hydrogen-bond donors (Lipinski definition) is 0. The fourth-order valence-electron chi connectivity index (χ4n) is 3.37. The highest BCUT2D eigenvalue weighted by Crippen LogP contribution is 2.34. The first-order valence-corrected chi connectivity index (χ1v) is 9.49. The fraction of sp³-hybridized carbons (Fsp3) is 0.500. The molecular weight excluding hydrogens is 350 g/mol. The molecule has 0 aliphatic carbocycles. The number of nitrogens with zero attached hydrogens (tertiary/aromatic N) is 3. The van der Waals surface area contributed by atoms with Crippen LogP contribution in [-0.4, -0.2) is 53.3 Å². The second-order valence-corrected chi connectivity index (χ2v) is 7.13. The molecule has 0 bridgehead atoms. The lowest BCUT2D eigenvalue weighted by atomic mass is 9.87. The number of benzene rings is 1. The molecule has 3 rings (SSSR count). The second-order valence-electron chi connectivity index (χ2n) is 6.69. The molecule has 2 heterocycles. The lowest BCUT2D eigenvalue weighted by Gasteiger charge is -2.38. The standard InChI is InChI=1S/C20H24ClN3O2/c1-3-23(4-2)19(25)24-12-10-20(11-13-24)15-18(22-26-20)9-8-16-6-5-7-17(21)14-16/h5-7,14H,3-4,10-13,15H2,1-2H3. The van der Waals surface area contributed by atoms with Crippen molar-refractivity contribution in [1.29, 1.82) is 0 Å². The molecule has 1 fully saturated rings. The zero-order valence-electron chi connectivity index (χ0n) is 15.3. The predicted molar refractivity (Wildman–Crippen MR) is 103 cm³/mol. The molecule has 26 heavy (non-hydrogen) atoms. The van der Waals surface area contributed by atoms with Crippen LogP contribution in [0.5, 0.6) is 0 Å². The largest absolute Gasteiger partial charge is 0.388 e. The Hall–Kier alpha value is -2.19. The van der Waals surface area contributed by atoms with Crippen LogP contribution in [0.15, 0.2) is 29.4 Å². The third kappa shape index (κ3) is 4.13. The zero-order valence-corrected chi connectivity index (χ0v) is 16.1. The number of likely N-dealkylation sites (tertiary alicyclic amines) is 1. The summed E-state index contributed by atoms with van der Waals surface area (Å²) in [4.78, 5) is 22.0. The van der Waals surface area contributed by atoms with Crippen LogP contribution in [0.4, 0.5) is 4.79 Å². The summed E-state index contributed by atoms with van der Waals surface area (Å²) in [5, 5.41) is 4.85. The van der Waals surface area contributed by atoms with Gasteiger partial charge in [0.05, 0.1) is 0 Å². The minimum Gasteiger partial charge on any atom is -0.388 e. The SMILES string of the molecule is CCN(CC)C(=O)N1CCC2(CC1)CC(C#Cc1cccc(Cl)c1)=NO2. The molecule has 2 aliphatic rings. The van der Waals surface area contributed by atoms with E-state index in [1.807, 2.05) is 47.9 Å². The Morgan fingerprint density at radius 1 is 1.31 bits per heavy atom. The number of oxime groups is 1. The van der Waals surface area contributed by atoms with Crippen LogP contribution in [-0.2, 0) is 4.84 Å². The number of rotatable bonds is 2. The number of amides is 2. The van der Waals surface area contributed by atoms with Gasteiger partial charge in [-0.05, 0) is 38.0 Å². The molecule has 2 amide bonds. The van der Waals surface area contributed by atoms with E-state index in [-0.39, 0.29) is 11.6 Å². The van der Waals surface area contributed by atoms with E-state index in [0.717, 1.165) is 37.2 Å². The van der Waals surface area contributed by atoms with E-state index in [1.54, 1.807) is 0 Å². The molecule has 5 nitrogen and oxygen atoms in total. The van der Waals surface area contributed by atoms with Gasteiger partial charge in [-0.3, -0.25) is 0 Å². The molecular formula is C20H24ClN3O2. The van der Waals surface area contributed by atoms with E-state index in [9.17, 15) is 4.79 Å². The summed E-state index contributed by atoms with van der Waals surface area (Å²) in [5.41, 5.74) is 1.31. The second kappa shape index (κ2) is 8.01. The van der Waals surface area contributed by atoms with E-state index >= 15 is 0 Å². The molecule has 2 aliphatic heterocycles. The number of carbonyl (C=O) groups is 1. The Labute approximate surface area is 159 Å². The van der Waals surface area contributed by atoms with Crippen molar-refractivity contribution >= 4 is 23.3 Å². The van der Waals surface area contributed by atoms with E-state index < -0.39 is 0 Å². The van der Waals surface area contributed by atoms with Gasteiger partial charge in [0.15, 0.2) is 0 Å². The number of carbonyl (C=O) groups excluding carboxylic acids is 1. The first kappa shape index (κ1) is 18.6. The Morgan fingerprint density at radius 2 is 2.04 bits per heavy atom. The van der Waals surface area contributed by atoms with Gasteiger partial charge in [0.1, 0.15) is 11.3 Å². The van der Waals surface area contributed by atoms with Gasteiger partial charge in [-0.15, -0.1) is 0 Å². The number of hydrogen-bond acceptors (Lipinski definition) is 3. The van der Waals surface area contributed by atoms with Gasteiger partial charge in [-0.1, -0.05) is 28.7 Å². The topological polar surface area (TPSA) is 45.1 Å². The summed E-state index contributed by atoms with van der Waals surface area (Å²) in [6, 6.07) is 7.57. The average molecular weight is 374 g/mol. The smallest absolute Gasteiger partial charge is 0.319 e. The van der Waals surface area contributed by atoms with Crippen molar-refractivity contribution in [1.82, 2.24) is 9.80 Å². The van der Waals surface area contributed by atoms with E-state index in [0.29, 0.717) is 24.5 Å². The summed E-state index contributed by atoms with van der Waals surface area (Å²) in [7, 11) is 0. The maximum absolute atomic E-state index is 12.5. The first-order chi connectivity index (χ1) is 12.5. The lowest BCUT2D eigenvalue weighted by molar-refractivity contribution is -0.0565. The Morgan fingerprint density at radius 3 is 2.69 bits per heavy atom. The maximum atomic E-state index is 12.5. The summed E-state index contributed by atoms with van der Waals surface area (Å²) in [5.74, 6) is 6.18. The van der Waals surface area contributed by atoms with Crippen molar-refractivity contribution in [3.8, 4) is 11.8 Å². The van der Waals surface area contributed by atoms with Crippen molar-refractivity contribution in [2.45, 2.75) is 38.7 Å². The highest BCUT2D eigenvalue weighted by Gasteiger charge is 2.43. The van der Waals surface area contributed by atoms with Gasteiger partial charge in [-0.2, -0.15) is 0 Å². The van der Waals surface area contributed by atoms with Crippen LogP contribution in [0.2, 0.25) is 5.02 Å². The van der Waals surface area contributed by atoms with Gasteiger partial charge in [0, 0.05) is 56.0 Å². The fourth-order valence-corrected chi connectivity index (χ4v) is 3.56. The van der Waals surface area contributed by atoms with Crippen molar-refractivity contribution in [2.75, 3.05) is 26.2 Å². The summed E-state index contributed by atoms with van der Waals surface area (Å²) in [6.07, 6.45) is 2.27. The van der Waals surface area contributed by atoms with Gasteiger partial charge in [-0.25, -0.2) is 4.79 Å². The monoisotopic (exact) mass is 373 g/mol. The number of urea groups is 1. The summed E-state index contributed by atoms with van der Waals surface area (Å²) in [6.45, 7) is 6.87. The lowest BCUT2D eigenvalue weighted by Crippen LogP contribution is -2.51. The zero-order chi connectivity index (χ0) is 18.6.